The molecule has 0 spiro atoms. The van der Waals surface area contributed by atoms with Gasteiger partial charge in [-0.25, -0.2) is 0 Å². The third-order valence-electron chi connectivity index (χ3n) is 4.44. The number of hydrogen-bond donors (Lipinski definition) is 1. The van der Waals surface area contributed by atoms with E-state index in [9.17, 15) is 13.2 Å². The van der Waals surface area contributed by atoms with Crippen LogP contribution in [-0.2, 0) is 30.2 Å². The van der Waals surface area contributed by atoms with Crippen LogP contribution in [-0.4, -0.2) is 18.5 Å². The second-order valence-electron chi connectivity index (χ2n) is 5.92. The van der Waals surface area contributed by atoms with Crippen molar-refractivity contribution in [1.29, 1.82) is 0 Å². The van der Waals surface area contributed by atoms with Gasteiger partial charge in [-0.05, 0) is 29.6 Å². The molecule has 139 valence electrons. The summed E-state index contributed by atoms with van der Waals surface area (Å²) in [4.78, 5) is 0. The molecule has 3 nitrogen and oxygen atoms in total. The number of halogens is 3. The maximum Gasteiger partial charge on any atom is 0.522 e. The van der Waals surface area contributed by atoms with Crippen molar-refractivity contribution in [2.75, 3.05) is 0 Å². The first kappa shape index (κ1) is 27.2. The molecule has 0 atom stereocenters. The van der Waals surface area contributed by atoms with Gasteiger partial charge in [-0.15, -0.1) is 0 Å². The van der Waals surface area contributed by atoms with E-state index in [4.69, 9.17) is 13.0 Å². The van der Waals surface area contributed by atoms with Crippen molar-refractivity contribution < 1.29 is 46.2 Å². The van der Waals surface area contributed by atoms with E-state index in [-0.39, 0.29) is 20.1 Å². The molecule has 8 heteroatoms. The monoisotopic (exact) mass is 527 g/mol. The molecular formula is C14H29F3IrO3S. The summed E-state index contributed by atoms with van der Waals surface area (Å²) in [6.07, 6.45) is 1.25. The number of hydrogen-bond acceptors (Lipinski definition) is 2. The minimum absolute atomic E-state index is 0. The third kappa shape index (κ3) is 8.84. The van der Waals surface area contributed by atoms with Crippen molar-refractivity contribution in [1.82, 2.24) is 0 Å². The molecule has 1 aliphatic rings. The summed E-state index contributed by atoms with van der Waals surface area (Å²) in [5.41, 5.74) is -5.53. The van der Waals surface area contributed by atoms with E-state index in [0.717, 1.165) is 29.6 Å². The molecule has 0 saturated heterocycles. The Morgan fingerprint density at radius 1 is 0.818 bits per heavy atom. The maximum atomic E-state index is 10.7. The number of alkyl halides is 3. The van der Waals surface area contributed by atoms with Crippen LogP contribution in [0.3, 0.4) is 0 Å². The zero-order valence-electron chi connectivity index (χ0n) is 14.2. The van der Waals surface area contributed by atoms with Crippen LogP contribution in [0.4, 0.5) is 13.2 Å². The smallest absolute Gasteiger partial charge is 0.279 e. The Kier molecular flexibility index (Phi) is 13.6. The largest absolute Gasteiger partial charge is 0.522 e. The first-order chi connectivity index (χ1) is 9.22. The third-order valence-corrected chi connectivity index (χ3v) is 5.02. The van der Waals surface area contributed by atoms with Crippen LogP contribution in [0.5, 0.6) is 0 Å². The normalized spacial score (nSPS) is 31.1. The molecule has 1 N–H and O–H groups in total. The van der Waals surface area contributed by atoms with E-state index >= 15 is 0 Å². The Morgan fingerprint density at radius 3 is 0.955 bits per heavy atom. The van der Waals surface area contributed by atoms with Crippen molar-refractivity contribution in [3.63, 3.8) is 0 Å². The molecule has 22 heavy (non-hydrogen) atoms. The SMILES string of the molecule is CC1C(C)C(C)C(C)C1C.CCC.O=S(=O)(O)C(F)(F)F.[Ir]. The van der Waals surface area contributed by atoms with Gasteiger partial charge in [-0.3, -0.25) is 4.55 Å². The van der Waals surface area contributed by atoms with E-state index in [1.54, 1.807) is 0 Å². The van der Waals surface area contributed by atoms with Crippen LogP contribution in [0.15, 0.2) is 0 Å². The molecule has 1 rings (SSSR count). The van der Waals surface area contributed by atoms with E-state index < -0.39 is 15.6 Å². The van der Waals surface area contributed by atoms with Crippen molar-refractivity contribution in [3.05, 3.63) is 0 Å². The van der Waals surface area contributed by atoms with Gasteiger partial charge in [-0.1, -0.05) is 54.9 Å². The van der Waals surface area contributed by atoms with Gasteiger partial charge in [0.25, 0.3) is 0 Å². The molecule has 0 bridgehead atoms. The fraction of sp³-hybridized carbons (Fsp3) is 1.00. The fourth-order valence-electron chi connectivity index (χ4n) is 2.39. The summed E-state index contributed by atoms with van der Waals surface area (Å²) >= 11 is 0. The van der Waals surface area contributed by atoms with Crippen LogP contribution in [0.2, 0.25) is 0 Å². The topological polar surface area (TPSA) is 54.4 Å². The summed E-state index contributed by atoms with van der Waals surface area (Å²) in [5.74, 6) is 4.68. The predicted octanol–water partition coefficient (Wildman–Crippen LogP) is 4.99. The Hall–Kier alpha value is 0.349. The second-order valence-corrected chi connectivity index (χ2v) is 7.34. The van der Waals surface area contributed by atoms with Crippen LogP contribution in [0.1, 0.15) is 54.9 Å². The quantitative estimate of drug-likeness (QED) is 0.358. The van der Waals surface area contributed by atoms with Crippen molar-refractivity contribution in [3.8, 4) is 0 Å². The van der Waals surface area contributed by atoms with Gasteiger partial charge in [0.05, 0.1) is 0 Å². The molecule has 0 aliphatic heterocycles. The fourth-order valence-corrected chi connectivity index (χ4v) is 2.39. The van der Waals surface area contributed by atoms with Crippen molar-refractivity contribution in [2.45, 2.75) is 60.4 Å². The van der Waals surface area contributed by atoms with Crippen LogP contribution in [0, 0.1) is 29.6 Å². The van der Waals surface area contributed by atoms with Gasteiger partial charge in [0.15, 0.2) is 0 Å². The first-order valence-corrected chi connectivity index (χ1v) is 8.69. The van der Waals surface area contributed by atoms with Gasteiger partial charge in [-0.2, -0.15) is 21.6 Å². The molecule has 1 radical (unpaired) electrons. The first-order valence-electron chi connectivity index (χ1n) is 7.25. The minimum atomic E-state index is -5.84. The average Bonchev–Trinajstić information content (AvgIpc) is 2.47. The van der Waals surface area contributed by atoms with Gasteiger partial charge >= 0.3 is 15.6 Å². The molecule has 0 amide bonds. The molecule has 1 saturated carbocycles. The Balaban J connectivity index is -0.000000273. The Labute approximate surface area is 146 Å². The summed E-state index contributed by atoms with van der Waals surface area (Å²) in [5, 5.41) is 0. The zero-order valence-corrected chi connectivity index (χ0v) is 17.4. The molecule has 0 aromatic heterocycles. The maximum absolute atomic E-state index is 10.7. The minimum Gasteiger partial charge on any atom is -0.279 e. The van der Waals surface area contributed by atoms with Crippen molar-refractivity contribution in [2.24, 2.45) is 29.6 Å². The second kappa shape index (κ2) is 11.0. The summed E-state index contributed by atoms with van der Waals surface area (Å²) in [7, 11) is -5.84. The Bertz CT molecular complexity index is 340. The summed E-state index contributed by atoms with van der Waals surface area (Å²) in [6.45, 7) is 16.2. The molecule has 0 aromatic rings. The average molecular weight is 527 g/mol. The van der Waals surface area contributed by atoms with E-state index in [0.29, 0.717) is 0 Å². The summed E-state index contributed by atoms with van der Waals surface area (Å²) < 4.78 is 57.5. The summed E-state index contributed by atoms with van der Waals surface area (Å²) in [6, 6.07) is 0. The number of rotatable bonds is 0. The van der Waals surface area contributed by atoms with Gasteiger partial charge in [0, 0.05) is 20.1 Å². The molecule has 0 heterocycles. The van der Waals surface area contributed by atoms with Gasteiger partial charge in [0.2, 0.25) is 0 Å². The van der Waals surface area contributed by atoms with E-state index in [1.165, 1.54) is 6.42 Å². The van der Waals surface area contributed by atoms with Crippen LogP contribution < -0.4 is 0 Å². The molecule has 1 fully saturated rings. The molecular weight excluding hydrogens is 497 g/mol. The van der Waals surface area contributed by atoms with E-state index in [2.05, 4.69) is 48.5 Å². The van der Waals surface area contributed by atoms with E-state index in [1.807, 2.05) is 0 Å². The Morgan fingerprint density at radius 2 is 0.909 bits per heavy atom. The van der Waals surface area contributed by atoms with Crippen LogP contribution >= 0.6 is 0 Å². The molecule has 0 unspecified atom stereocenters. The van der Waals surface area contributed by atoms with Crippen LogP contribution in [0.25, 0.3) is 0 Å². The molecule has 1 aliphatic carbocycles. The standard InChI is InChI=1S/C10H20.C3H8.CHF3O3S.Ir/c1-6-7(2)9(4)10(5)8(6)3;1-3-2;2-1(3,4)8(5,6)7;/h6-10H,1-5H3;3H2,1-2H3;(H,5,6,7);. The predicted molar refractivity (Wildman–Crippen MR) is 79.4 cm³/mol. The zero-order chi connectivity index (χ0) is 17.6. The van der Waals surface area contributed by atoms with Crippen molar-refractivity contribution >= 4 is 10.1 Å². The van der Waals surface area contributed by atoms with Gasteiger partial charge in [0.1, 0.15) is 0 Å². The van der Waals surface area contributed by atoms with Gasteiger partial charge < -0.3 is 0 Å². The molecule has 0 aromatic carbocycles.